The molecule has 1 aliphatic rings. The normalized spacial score (nSPS) is 18.3. The number of hydrogen-bond acceptors (Lipinski definition) is 4. The Morgan fingerprint density at radius 1 is 1.58 bits per heavy atom. The molecule has 104 valence electrons. The molecule has 1 saturated heterocycles. The molecule has 0 aromatic carbocycles. The molecule has 0 saturated carbocycles. The first-order valence-electron chi connectivity index (χ1n) is 6.11. The van der Waals surface area contributed by atoms with Gasteiger partial charge in [0.2, 0.25) is 0 Å². The number of aromatic carboxylic acids is 1. The fourth-order valence-electron chi connectivity index (χ4n) is 1.84. The van der Waals surface area contributed by atoms with Crippen LogP contribution in [0.4, 0.5) is 9.80 Å². The molecule has 0 spiro atoms. The Balaban J connectivity index is 2.02. The van der Waals surface area contributed by atoms with Gasteiger partial charge in [-0.1, -0.05) is 6.92 Å². The van der Waals surface area contributed by atoms with Crippen molar-refractivity contribution in [1.82, 2.24) is 5.32 Å². The molecular weight excluding hydrogens is 268 g/mol. The number of anilines is 1. The summed E-state index contributed by atoms with van der Waals surface area (Å²) in [6.45, 7) is 3.09. The summed E-state index contributed by atoms with van der Waals surface area (Å²) >= 11 is 1.29. The molecule has 2 rings (SSSR count). The highest BCUT2D eigenvalue weighted by molar-refractivity contribution is 7.16. The first-order chi connectivity index (χ1) is 9.10. The number of carboxylic acid groups (broad SMARTS) is 1. The molecule has 1 aromatic heterocycles. The van der Waals surface area contributed by atoms with E-state index in [0.29, 0.717) is 18.2 Å². The minimum absolute atomic E-state index is 0.00103. The maximum atomic E-state index is 11.8. The van der Waals surface area contributed by atoms with E-state index in [1.54, 1.807) is 6.07 Å². The molecule has 1 fully saturated rings. The summed E-state index contributed by atoms with van der Waals surface area (Å²) < 4.78 is 5.16. The number of hydrogen-bond donors (Lipinski definition) is 3. The predicted octanol–water partition coefficient (Wildman–Crippen LogP) is 1.92. The van der Waals surface area contributed by atoms with E-state index in [0.717, 1.165) is 17.7 Å². The van der Waals surface area contributed by atoms with Crippen molar-refractivity contribution in [3.05, 3.63) is 16.5 Å². The van der Waals surface area contributed by atoms with Gasteiger partial charge in [-0.3, -0.25) is 5.32 Å². The predicted molar refractivity (Wildman–Crippen MR) is 72.0 cm³/mol. The molecule has 19 heavy (non-hydrogen) atoms. The van der Waals surface area contributed by atoms with Gasteiger partial charge >= 0.3 is 12.0 Å². The smallest absolute Gasteiger partial charge is 0.338 e. The standard InChI is InChI=1S/C12H16N2O4S/c1-2-8-5-9(11(15)16)10(19-8)14-12(17)13-7-3-4-18-6-7/h5,7H,2-4,6H2,1H3,(H,15,16)(H2,13,14,17). The lowest BCUT2D eigenvalue weighted by Crippen LogP contribution is -2.38. The van der Waals surface area contributed by atoms with Gasteiger partial charge in [-0.25, -0.2) is 9.59 Å². The molecule has 2 amide bonds. The van der Waals surface area contributed by atoms with E-state index in [-0.39, 0.29) is 17.6 Å². The lowest BCUT2D eigenvalue weighted by Gasteiger charge is -2.11. The van der Waals surface area contributed by atoms with E-state index in [9.17, 15) is 9.59 Å². The number of carbonyl (C=O) groups is 2. The van der Waals surface area contributed by atoms with Crippen molar-refractivity contribution in [2.45, 2.75) is 25.8 Å². The van der Waals surface area contributed by atoms with Gasteiger partial charge in [0.15, 0.2) is 0 Å². The van der Waals surface area contributed by atoms with E-state index in [1.165, 1.54) is 11.3 Å². The summed E-state index contributed by atoms with van der Waals surface area (Å²) in [5.74, 6) is -1.03. The zero-order chi connectivity index (χ0) is 13.8. The minimum Gasteiger partial charge on any atom is -0.478 e. The first kappa shape index (κ1) is 13.8. The van der Waals surface area contributed by atoms with Crippen LogP contribution in [-0.4, -0.2) is 36.4 Å². The van der Waals surface area contributed by atoms with Crippen LogP contribution in [-0.2, 0) is 11.2 Å². The van der Waals surface area contributed by atoms with Gasteiger partial charge in [-0.2, -0.15) is 0 Å². The summed E-state index contributed by atoms with van der Waals surface area (Å²) in [5, 5.41) is 14.8. The van der Waals surface area contributed by atoms with Gasteiger partial charge in [-0.15, -0.1) is 11.3 Å². The summed E-state index contributed by atoms with van der Waals surface area (Å²) in [5.41, 5.74) is 0.139. The number of carbonyl (C=O) groups excluding carboxylic acids is 1. The fourth-order valence-corrected chi connectivity index (χ4v) is 2.82. The van der Waals surface area contributed by atoms with E-state index < -0.39 is 5.97 Å². The number of urea groups is 1. The highest BCUT2D eigenvalue weighted by atomic mass is 32.1. The van der Waals surface area contributed by atoms with Crippen LogP contribution in [0.15, 0.2) is 6.07 Å². The summed E-state index contributed by atoms with van der Waals surface area (Å²) in [4.78, 5) is 23.8. The van der Waals surface area contributed by atoms with Crippen molar-refractivity contribution in [3.8, 4) is 0 Å². The zero-order valence-corrected chi connectivity index (χ0v) is 11.4. The van der Waals surface area contributed by atoms with Crippen molar-refractivity contribution in [3.63, 3.8) is 0 Å². The molecule has 0 bridgehead atoms. The monoisotopic (exact) mass is 284 g/mol. The summed E-state index contributed by atoms with van der Waals surface area (Å²) in [6, 6.07) is 1.21. The lowest BCUT2D eigenvalue weighted by molar-refractivity contribution is 0.0698. The highest BCUT2D eigenvalue weighted by Crippen LogP contribution is 2.28. The highest BCUT2D eigenvalue weighted by Gasteiger charge is 2.20. The topological polar surface area (TPSA) is 87.7 Å². The third-order valence-corrected chi connectivity index (χ3v) is 4.05. The van der Waals surface area contributed by atoms with Crippen LogP contribution in [0.1, 0.15) is 28.6 Å². The van der Waals surface area contributed by atoms with Crippen molar-refractivity contribution in [2.24, 2.45) is 0 Å². The molecule has 6 nitrogen and oxygen atoms in total. The molecule has 1 atom stereocenters. The SMILES string of the molecule is CCc1cc(C(=O)O)c(NC(=O)NC2CCOC2)s1. The molecule has 0 aliphatic carbocycles. The number of aryl methyl sites for hydroxylation is 1. The average Bonchev–Trinajstić information content (AvgIpc) is 2.98. The number of carboxylic acids is 1. The minimum atomic E-state index is -1.03. The van der Waals surface area contributed by atoms with Crippen LogP contribution in [0.2, 0.25) is 0 Å². The van der Waals surface area contributed by atoms with Gasteiger partial charge in [-0.05, 0) is 18.9 Å². The van der Waals surface area contributed by atoms with Crippen molar-refractivity contribution >= 4 is 28.3 Å². The van der Waals surface area contributed by atoms with Crippen molar-refractivity contribution < 1.29 is 19.4 Å². The molecule has 2 heterocycles. The Morgan fingerprint density at radius 2 is 2.37 bits per heavy atom. The zero-order valence-electron chi connectivity index (χ0n) is 10.6. The third kappa shape index (κ3) is 3.45. The van der Waals surface area contributed by atoms with Crippen LogP contribution in [0, 0.1) is 0 Å². The Bertz CT molecular complexity index is 480. The average molecular weight is 284 g/mol. The lowest BCUT2D eigenvalue weighted by atomic mass is 10.2. The van der Waals surface area contributed by atoms with E-state index in [1.807, 2.05) is 6.92 Å². The molecular formula is C12H16N2O4S. The van der Waals surface area contributed by atoms with Gasteiger partial charge in [0.1, 0.15) is 5.00 Å². The van der Waals surface area contributed by atoms with Gasteiger partial charge < -0.3 is 15.2 Å². The molecule has 1 unspecified atom stereocenters. The van der Waals surface area contributed by atoms with Crippen LogP contribution >= 0.6 is 11.3 Å². The van der Waals surface area contributed by atoms with Gasteiger partial charge in [0.25, 0.3) is 0 Å². The van der Waals surface area contributed by atoms with Crippen LogP contribution in [0.25, 0.3) is 0 Å². The summed E-state index contributed by atoms with van der Waals surface area (Å²) in [6.07, 6.45) is 1.52. The number of thiophene rings is 1. The maximum absolute atomic E-state index is 11.8. The number of ether oxygens (including phenoxy) is 1. The van der Waals surface area contributed by atoms with Crippen molar-refractivity contribution in [2.75, 3.05) is 18.5 Å². The van der Waals surface area contributed by atoms with E-state index >= 15 is 0 Å². The van der Waals surface area contributed by atoms with E-state index in [2.05, 4.69) is 10.6 Å². The second-order valence-corrected chi connectivity index (χ2v) is 5.41. The Hall–Kier alpha value is -1.60. The molecule has 1 aromatic rings. The van der Waals surface area contributed by atoms with Crippen LogP contribution in [0.3, 0.4) is 0 Å². The Morgan fingerprint density at radius 3 is 2.95 bits per heavy atom. The number of nitrogens with one attached hydrogen (secondary N) is 2. The van der Waals surface area contributed by atoms with Crippen molar-refractivity contribution in [1.29, 1.82) is 0 Å². The third-order valence-electron chi connectivity index (χ3n) is 2.85. The largest absolute Gasteiger partial charge is 0.478 e. The summed E-state index contributed by atoms with van der Waals surface area (Å²) in [7, 11) is 0. The van der Waals surface area contributed by atoms with E-state index in [4.69, 9.17) is 9.84 Å². The second-order valence-electron chi connectivity index (χ2n) is 4.27. The molecule has 0 radical (unpaired) electrons. The fraction of sp³-hybridized carbons (Fsp3) is 0.500. The molecule has 3 N–H and O–H groups in total. The molecule has 7 heteroatoms. The quantitative estimate of drug-likeness (QED) is 0.788. The number of rotatable bonds is 4. The second kappa shape index (κ2) is 6.03. The van der Waals surface area contributed by atoms with Crippen LogP contribution < -0.4 is 10.6 Å². The Kier molecular flexibility index (Phi) is 4.39. The molecule has 1 aliphatic heterocycles. The Labute approximate surface area is 114 Å². The van der Waals surface area contributed by atoms with Gasteiger partial charge in [0.05, 0.1) is 18.2 Å². The first-order valence-corrected chi connectivity index (χ1v) is 6.93. The van der Waals surface area contributed by atoms with Crippen LogP contribution in [0.5, 0.6) is 0 Å². The van der Waals surface area contributed by atoms with Gasteiger partial charge in [0, 0.05) is 11.5 Å². The number of amides is 2. The maximum Gasteiger partial charge on any atom is 0.338 e.